The summed E-state index contributed by atoms with van der Waals surface area (Å²) >= 11 is 0. The van der Waals surface area contributed by atoms with Crippen LogP contribution in [0.1, 0.15) is 26.3 Å². The highest BCUT2D eigenvalue weighted by atomic mass is 15.1. The summed E-state index contributed by atoms with van der Waals surface area (Å²) < 4.78 is 6.99. The van der Waals surface area contributed by atoms with Crippen molar-refractivity contribution in [1.29, 1.82) is 0 Å². The number of benzene rings is 6. The third-order valence-corrected chi connectivity index (χ3v) is 10.5. The van der Waals surface area contributed by atoms with Crippen molar-refractivity contribution in [1.82, 2.24) is 23.7 Å². The van der Waals surface area contributed by atoms with Crippen molar-refractivity contribution >= 4 is 65.4 Å². The maximum atomic E-state index is 5.07. The van der Waals surface area contributed by atoms with Crippen molar-refractivity contribution in [2.24, 2.45) is 7.05 Å². The van der Waals surface area contributed by atoms with E-state index in [9.17, 15) is 0 Å². The molecular formula is C45H35N5. The predicted molar refractivity (Wildman–Crippen MR) is 209 cm³/mol. The molecule has 0 bridgehead atoms. The molecule has 50 heavy (non-hydrogen) atoms. The molecular weight excluding hydrogens is 611 g/mol. The number of rotatable bonds is 3. The van der Waals surface area contributed by atoms with Crippen LogP contribution >= 0.6 is 0 Å². The number of hydrogen-bond acceptors (Lipinski definition) is 2. The van der Waals surface area contributed by atoms with E-state index in [1.807, 2.05) is 6.20 Å². The normalized spacial score (nSPS) is 12.4. The van der Waals surface area contributed by atoms with Crippen LogP contribution in [0.25, 0.3) is 88.3 Å². The second-order valence-corrected chi connectivity index (χ2v) is 14.4. The van der Waals surface area contributed by atoms with Gasteiger partial charge in [-0.25, -0.2) is 9.97 Å². The van der Waals surface area contributed by atoms with E-state index in [1.165, 1.54) is 43.4 Å². The molecule has 4 heterocycles. The Hall–Kier alpha value is -6.20. The summed E-state index contributed by atoms with van der Waals surface area (Å²) in [6.45, 7) is 6.76. The van der Waals surface area contributed by atoms with E-state index < -0.39 is 0 Å². The maximum Gasteiger partial charge on any atom is 0.140 e. The zero-order valence-electron chi connectivity index (χ0n) is 28.5. The molecule has 5 nitrogen and oxygen atoms in total. The van der Waals surface area contributed by atoms with Crippen molar-refractivity contribution in [2.75, 3.05) is 0 Å². The molecule has 0 aliphatic carbocycles. The molecule has 6 aromatic carbocycles. The zero-order valence-corrected chi connectivity index (χ0v) is 28.5. The molecule has 10 aromatic rings. The van der Waals surface area contributed by atoms with Gasteiger partial charge in [0.05, 0.1) is 33.1 Å². The lowest BCUT2D eigenvalue weighted by Crippen LogP contribution is -2.12. The molecule has 0 amide bonds. The van der Waals surface area contributed by atoms with Gasteiger partial charge in [-0.2, -0.15) is 0 Å². The summed E-state index contributed by atoms with van der Waals surface area (Å²) in [6, 6.07) is 48.4. The van der Waals surface area contributed by atoms with Crippen LogP contribution in [0.2, 0.25) is 0 Å². The van der Waals surface area contributed by atoms with Crippen LogP contribution in [-0.4, -0.2) is 23.7 Å². The first-order valence-corrected chi connectivity index (χ1v) is 17.2. The van der Waals surface area contributed by atoms with E-state index in [4.69, 9.17) is 9.97 Å². The molecule has 4 aromatic heterocycles. The summed E-state index contributed by atoms with van der Waals surface area (Å²) in [5, 5.41) is 7.32. The van der Waals surface area contributed by atoms with Gasteiger partial charge < -0.3 is 9.13 Å². The Kier molecular flexibility index (Phi) is 5.99. The number of aryl methyl sites for hydroxylation is 1. The Morgan fingerprint density at radius 3 is 2.06 bits per heavy atom. The van der Waals surface area contributed by atoms with Gasteiger partial charge in [0.15, 0.2) is 0 Å². The van der Waals surface area contributed by atoms with Crippen LogP contribution in [0.3, 0.4) is 0 Å². The summed E-state index contributed by atoms with van der Waals surface area (Å²) in [6.07, 6.45) is 1.95. The van der Waals surface area contributed by atoms with Crippen LogP contribution in [0.4, 0.5) is 0 Å². The summed E-state index contributed by atoms with van der Waals surface area (Å²) in [4.78, 5) is 10.0. The number of fused-ring (bicyclic) bond motifs is 9. The van der Waals surface area contributed by atoms with Crippen LogP contribution in [0.5, 0.6) is 0 Å². The molecule has 0 radical (unpaired) electrons. The van der Waals surface area contributed by atoms with E-state index in [1.54, 1.807) is 0 Å². The number of para-hydroxylation sites is 3. The molecule has 10 rings (SSSR count). The van der Waals surface area contributed by atoms with Gasteiger partial charge in [0.1, 0.15) is 11.6 Å². The fourth-order valence-electron chi connectivity index (χ4n) is 7.94. The van der Waals surface area contributed by atoms with E-state index in [2.05, 4.69) is 175 Å². The van der Waals surface area contributed by atoms with E-state index in [0.29, 0.717) is 0 Å². The molecule has 0 saturated carbocycles. The fourth-order valence-corrected chi connectivity index (χ4v) is 7.94. The third-order valence-electron chi connectivity index (χ3n) is 10.5. The minimum Gasteiger partial charge on any atom is -0.327 e. The minimum atomic E-state index is 0.00238. The Balaban J connectivity index is 1.30. The Bertz CT molecular complexity index is 2980. The van der Waals surface area contributed by atoms with Crippen molar-refractivity contribution in [3.8, 4) is 22.9 Å². The van der Waals surface area contributed by atoms with Crippen LogP contribution in [0.15, 0.2) is 140 Å². The molecule has 0 saturated heterocycles. The Morgan fingerprint density at radius 1 is 0.540 bits per heavy atom. The lowest BCUT2D eigenvalue weighted by Gasteiger charge is -2.20. The lowest BCUT2D eigenvalue weighted by atomic mass is 9.88. The Labute approximate surface area is 289 Å². The van der Waals surface area contributed by atoms with E-state index in [0.717, 1.165) is 50.5 Å². The summed E-state index contributed by atoms with van der Waals surface area (Å²) in [7, 11) is 2.10. The first kappa shape index (κ1) is 28.8. The summed E-state index contributed by atoms with van der Waals surface area (Å²) in [5.74, 6) is 1.88. The van der Waals surface area contributed by atoms with E-state index >= 15 is 0 Å². The predicted octanol–water partition coefficient (Wildman–Crippen LogP) is 11.3. The minimum absolute atomic E-state index is 0.00238. The molecule has 5 heteroatoms. The first-order chi connectivity index (χ1) is 24.3. The molecule has 0 atom stereocenters. The first-order valence-electron chi connectivity index (χ1n) is 17.2. The van der Waals surface area contributed by atoms with Gasteiger partial charge in [-0.15, -0.1) is 0 Å². The number of imidazole rings is 1. The number of aromatic nitrogens is 5. The van der Waals surface area contributed by atoms with Gasteiger partial charge in [0.25, 0.3) is 0 Å². The van der Waals surface area contributed by atoms with E-state index in [-0.39, 0.29) is 5.41 Å². The van der Waals surface area contributed by atoms with Gasteiger partial charge >= 0.3 is 0 Å². The van der Waals surface area contributed by atoms with Crippen molar-refractivity contribution < 1.29 is 0 Å². The number of hydrogen-bond donors (Lipinski definition) is 0. The smallest absolute Gasteiger partial charge is 0.140 e. The largest absolute Gasteiger partial charge is 0.327 e. The average Bonchev–Trinajstić information content (AvgIpc) is 3.78. The second-order valence-electron chi connectivity index (χ2n) is 14.4. The van der Waals surface area contributed by atoms with Crippen LogP contribution in [-0.2, 0) is 12.5 Å². The SMILES string of the molecule is Cn1c(-c2ccc3c4ccc5ccccc5c4n(-c4ccc5c6ccccc6n(-c6cc(C(C)(C)C)ccn6)c5c4)c3c2)nc2ccccc21. The fraction of sp³-hybridized carbons (Fsp3) is 0.111. The van der Waals surface area contributed by atoms with Crippen LogP contribution < -0.4 is 0 Å². The zero-order chi connectivity index (χ0) is 33.7. The van der Waals surface area contributed by atoms with Gasteiger partial charge in [-0.05, 0) is 64.9 Å². The molecule has 0 aliphatic heterocycles. The summed E-state index contributed by atoms with van der Waals surface area (Å²) in [5.41, 5.74) is 10.2. The van der Waals surface area contributed by atoms with Crippen molar-refractivity contribution in [3.63, 3.8) is 0 Å². The third kappa shape index (κ3) is 4.13. The molecule has 0 aliphatic rings. The topological polar surface area (TPSA) is 40.6 Å². The monoisotopic (exact) mass is 645 g/mol. The van der Waals surface area contributed by atoms with Gasteiger partial charge in [-0.1, -0.05) is 106 Å². The van der Waals surface area contributed by atoms with Gasteiger partial charge in [0.2, 0.25) is 0 Å². The maximum absolute atomic E-state index is 5.07. The van der Waals surface area contributed by atoms with Gasteiger partial charge in [-0.3, -0.25) is 4.57 Å². The van der Waals surface area contributed by atoms with Crippen molar-refractivity contribution in [2.45, 2.75) is 26.2 Å². The molecule has 0 fully saturated rings. The molecule has 0 N–H and O–H groups in total. The highest BCUT2D eigenvalue weighted by molar-refractivity contribution is 6.19. The van der Waals surface area contributed by atoms with Gasteiger partial charge in [0, 0.05) is 51.4 Å². The molecule has 240 valence electrons. The quantitative estimate of drug-likeness (QED) is 0.192. The standard InChI is InChI=1S/C45H35N5/c1-45(2,3)30-23-24-46-42(26-30)50-38-15-9-7-13-33(38)34-22-19-31(27-41(34)50)49-40-25-29(44-47-37-14-8-10-16-39(37)48(44)4)18-20-35(40)36-21-17-28-11-5-6-12-32(28)43(36)49/h5-27H,1-4H3. The highest BCUT2D eigenvalue weighted by Gasteiger charge is 2.21. The van der Waals surface area contributed by atoms with Crippen molar-refractivity contribution in [3.05, 3.63) is 145 Å². The Morgan fingerprint density at radius 2 is 1.22 bits per heavy atom. The average molecular weight is 646 g/mol. The molecule has 0 unspecified atom stereocenters. The lowest BCUT2D eigenvalue weighted by molar-refractivity contribution is 0.588. The van der Waals surface area contributed by atoms with Crippen LogP contribution in [0, 0.1) is 0 Å². The number of pyridine rings is 1. The second kappa shape index (κ2) is 10.4. The molecule has 0 spiro atoms. The number of nitrogens with zero attached hydrogens (tertiary/aromatic N) is 5. The highest BCUT2D eigenvalue weighted by Crippen LogP contribution is 2.40.